The average molecular weight is 466 g/mol. The Hall–Kier alpha value is -2.09. The van der Waals surface area contributed by atoms with Crippen molar-refractivity contribution >= 4 is 34.7 Å². The van der Waals surface area contributed by atoms with E-state index in [2.05, 4.69) is 40.0 Å². The number of rotatable bonds is 8. The van der Waals surface area contributed by atoms with Crippen LogP contribution < -0.4 is 14.9 Å². The minimum atomic E-state index is -0.154. The van der Waals surface area contributed by atoms with Crippen LogP contribution in [-0.2, 0) is 17.6 Å². The molecule has 0 unspecified atom stereocenters. The highest BCUT2D eigenvalue weighted by Gasteiger charge is 2.10. The minimum Gasteiger partial charge on any atom is -0.492 e. The highest BCUT2D eigenvalue weighted by atomic mass is 127. The van der Waals surface area contributed by atoms with E-state index in [1.165, 1.54) is 5.56 Å². The lowest BCUT2D eigenvalue weighted by molar-refractivity contribution is -0.120. The van der Waals surface area contributed by atoms with Crippen LogP contribution in [0.5, 0.6) is 11.5 Å². The Balaban J connectivity index is 1.99. The largest absolute Gasteiger partial charge is 0.492 e. The molecule has 26 heavy (non-hydrogen) atoms. The lowest BCUT2D eigenvalue weighted by Crippen LogP contribution is -2.19. The van der Waals surface area contributed by atoms with Crippen molar-refractivity contribution in [1.82, 2.24) is 5.43 Å². The summed E-state index contributed by atoms with van der Waals surface area (Å²) in [6, 6.07) is 11.8. The fourth-order valence-corrected chi connectivity index (χ4v) is 3.27. The molecule has 2 aromatic rings. The molecule has 0 saturated heterocycles. The third kappa shape index (κ3) is 5.72. The van der Waals surface area contributed by atoms with Gasteiger partial charge in [-0.2, -0.15) is 5.10 Å². The third-order valence-corrected chi connectivity index (χ3v) is 4.54. The first-order valence-corrected chi connectivity index (χ1v) is 9.55. The normalized spacial score (nSPS) is 10.8. The number of hydrogen-bond acceptors (Lipinski definition) is 4. The van der Waals surface area contributed by atoms with Crippen molar-refractivity contribution in [3.63, 3.8) is 0 Å². The molecule has 0 fully saturated rings. The number of hydrogen-bond donors (Lipinski definition) is 1. The highest BCUT2D eigenvalue weighted by Crippen LogP contribution is 2.33. The van der Waals surface area contributed by atoms with Crippen molar-refractivity contribution in [3.8, 4) is 11.5 Å². The van der Waals surface area contributed by atoms with Gasteiger partial charge in [0.25, 0.3) is 0 Å². The minimum absolute atomic E-state index is 0.154. The number of benzene rings is 2. The van der Waals surface area contributed by atoms with Crippen molar-refractivity contribution in [2.45, 2.75) is 26.7 Å². The van der Waals surface area contributed by atoms with Crippen LogP contribution in [0.15, 0.2) is 41.5 Å². The van der Waals surface area contributed by atoms with Crippen LogP contribution in [0.4, 0.5) is 0 Å². The molecule has 2 rings (SSSR count). The number of halogens is 1. The molecule has 0 heterocycles. The lowest BCUT2D eigenvalue weighted by Gasteiger charge is -2.11. The second kappa shape index (κ2) is 10.2. The standard InChI is InChI=1S/C20H23IN2O3/c1-4-14-6-8-15(9-7-14)12-19(24)23-22-13-16-10-17(21)20(25-3)18(11-16)26-5-2/h6-11,13H,4-5,12H2,1-3H3,(H,23,24)/b22-13+. The highest BCUT2D eigenvalue weighted by molar-refractivity contribution is 14.1. The number of nitrogens with zero attached hydrogens (tertiary/aromatic N) is 1. The molecule has 1 amide bonds. The molecule has 0 spiro atoms. The summed E-state index contributed by atoms with van der Waals surface area (Å²) >= 11 is 2.18. The van der Waals surface area contributed by atoms with Gasteiger partial charge < -0.3 is 9.47 Å². The zero-order chi connectivity index (χ0) is 18.9. The van der Waals surface area contributed by atoms with Gasteiger partial charge in [0.05, 0.1) is 29.9 Å². The predicted octanol–water partition coefficient (Wildman–Crippen LogP) is 3.95. The Morgan fingerprint density at radius 3 is 2.50 bits per heavy atom. The van der Waals surface area contributed by atoms with Crippen LogP contribution in [0.1, 0.15) is 30.5 Å². The fraction of sp³-hybridized carbons (Fsp3) is 0.300. The molecular weight excluding hydrogens is 443 g/mol. The topological polar surface area (TPSA) is 59.9 Å². The first kappa shape index (κ1) is 20.2. The van der Waals surface area contributed by atoms with Crippen LogP contribution in [-0.4, -0.2) is 25.8 Å². The molecule has 0 aliphatic carbocycles. The summed E-state index contributed by atoms with van der Waals surface area (Å²) in [5.41, 5.74) is 5.61. The summed E-state index contributed by atoms with van der Waals surface area (Å²) in [5, 5.41) is 4.05. The van der Waals surface area contributed by atoms with Gasteiger partial charge in [-0.15, -0.1) is 0 Å². The van der Waals surface area contributed by atoms with Crippen LogP contribution in [0, 0.1) is 3.57 Å². The van der Waals surface area contributed by atoms with E-state index in [1.54, 1.807) is 13.3 Å². The van der Waals surface area contributed by atoms with Crippen LogP contribution in [0.2, 0.25) is 0 Å². The molecule has 0 aliphatic heterocycles. The van der Waals surface area contributed by atoms with Crippen LogP contribution in [0.3, 0.4) is 0 Å². The van der Waals surface area contributed by atoms with Crippen LogP contribution in [0.25, 0.3) is 0 Å². The van der Waals surface area contributed by atoms with Crippen molar-refractivity contribution in [2.24, 2.45) is 5.10 Å². The smallest absolute Gasteiger partial charge is 0.244 e. The summed E-state index contributed by atoms with van der Waals surface area (Å²) < 4.78 is 11.9. The number of ether oxygens (including phenoxy) is 2. The van der Waals surface area contributed by atoms with E-state index in [1.807, 2.05) is 43.3 Å². The van der Waals surface area contributed by atoms with Crippen molar-refractivity contribution in [2.75, 3.05) is 13.7 Å². The molecule has 0 atom stereocenters. The molecule has 1 N–H and O–H groups in total. The Morgan fingerprint density at radius 1 is 1.19 bits per heavy atom. The quantitative estimate of drug-likeness (QED) is 0.364. The lowest BCUT2D eigenvalue weighted by atomic mass is 10.1. The number of carbonyl (C=O) groups excluding carboxylic acids is 1. The number of hydrazone groups is 1. The Morgan fingerprint density at radius 2 is 1.88 bits per heavy atom. The summed E-state index contributed by atoms with van der Waals surface area (Å²) in [7, 11) is 1.61. The van der Waals surface area contributed by atoms with E-state index in [-0.39, 0.29) is 5.91 Å². The zero-order valence-corrected chi connectivity index (χ0v) is 17.4. The van der Waals surface area contributed by atoms with Crippen molar-refractivity contribution < 1.29 is 14.3 Å². The van der Waals surface area contributed by atoms with Gasteiger partial charge in [-0.05, 0) is 64.8 Å². The molecule has 138 valence electrons. The molecule has 0 radical (unpaired) electrons. The molecule has 6 heteroatoms. The van der Waals surface area contributed by atoms with Crippen LogP contribution >= 0.6 is 22.6 Å². The number of amides is 1. The number of carbonyl (C=O) groups is 1. The maximum Gasteiger partial charge on any atom is 0.244 e. The van der Waals surface area contributed by atoms with E-state index in [0.29, 0.717) is 24.5 Å². The molecule has 0 saturated carbocycles. The zero-order valence-electron chi connectivity index (χ0n) is 15.2. The van der Waals surface area contributed by atoms with E-state index < -0.39 is 0 Å². The second-order valence-corrected chi connectivity index (χ2v) is 6.77. The van der Waals surface area contributed by atoms with Gasteiger partial charge in [0.1, 0.15) is 0 Å². The molecule has 0 aromatic heterocycles. The monoisotopic (exact) mass is 466 g/mol. The van der Waals surface area contributed by atoms with Gasteiger partial charge in [-0.3, -0.25) is 4.79 Å². The second-order valence-electron chi connectivity index (χ2n) is 5.61. The predicted molar refractivity (Wildman–Crippen MR) is 112 cm³/mol. The SMILES string of the molecule is CCOc1cc(/C=N/NC(=O)Cc2ccc(CC)cc2)cc(I)c1OC. The number of aryl methyl sites for hydroxylation is 1. The third-order valence-electron chi connectivity index (χ3n) is 3.73. The number of nitrogens with one attached hydrogen (secondary N) is 1. The van der Waals surface area contributed by atoms with Crippen molar-refractivity contribution in [1.29, 1.82) is 0 Å². The maximum atomic E-state index is 12.0. The van der Waals surface area contributed by atoms with E-state index in [9.17, 15) is 4.79 Å². The van der Waals surface area contributed by atoms with Gasteiger partial charge in [0.2, 0.25) is 5.91 Å². The van der Waals surface area contributed by atoms with E-state index >= 15 is 0 Å². The summed E-state index contributed by atoms with van der Waals surface area (Å²) in [4.78, 5) is 12.0. The van der Waals surface area contributed by atoms with Gasteiger partial charge in [-0.1, -0.05) is 31.2 Å². The summed E-state index contributed by atoms with van der Waals surface area (Å²) in [6.45, 7) is 4.56. The first-order chi connectivity index (χ1) is 12.6. The Kier molecular flexibility index (Phi) is 7.90. The Bertz CT molecular complexity index is 773. The maximum absolute atomic E-state index is 12.0. The molecule has 0 aliphatic rings. The Labute approximate surface area is 167 Å². The van der Waals surface area contributed by atoms with E-state index in [0.717, 1.165) is 21.1 Å². The fourth-order valence-electron chi connectivity index (χ4n) is 2.42. The molecule has 2 aromatic carbocycles. The molecule has 0 bridgehead atoms. The van der Waals surface area contributed by atoms with Gasteiger partial charge in [-0.25, -0.2) is 5.43 Å². The average Bonchev–Trinajstić information content (AvgIpc) is 2.62. The summed E-state index contributed by atoms with van der Waals surface area (Å²) in [5.74, 6) is 1.20. The molecule has 5 nitrogen and oxygen atoms in total. The first-order valence-electron chi connectivity index (χ1n) is 8.47. The summed E-state index contributed by atoms with van der Waals surface area (Å²) in [6.07, 6.45) is 2.88. The van der Waals surface area contributed by atoms with Gasteiger partial charge in [0.15, 0.2) is 11.5 Å². The van der Waals surface area contributed by atoms with E-state index in [4.69, 9.17) is 9.47 Å². The van der Waals surface area contributed by atoms with Gasteiger partial charge >= 0.3 is 0 Å². The number of methoxy groups -OCH3 is 1. The van der Waals surface area contributed by atoms with Crippen molar-refractivity contribution in [3.05, 3.63) is 56.7 Å². The van der Waals surface area contributed by atoms with Gasteiger partial charge in [0, 0.05) is 0 Å². The molecular formula is C20H23IN2O3.